The maximum atomic E-state index is 4.48. The molecule has 0 aromatic carbocycles. The summed E-state index contributed by atoms with van der Waals surface area (Å²) in [5, 5.41) is 15.8. The van der Waals surface area contributed by atoms with Gasteiger partial charge in [-0.3, -0.25) is 20.2 Å². The Bertz CT molecular complexity index is 875. The number of pyridine rings is 2. The van der Waals surface area contributed by atoms with Gasteiger partial charge in [-0.15, -0.1) is 10.2 Å². The van der Waals surface area contributed by atoms with Crippen molar-refractivity contribution in [3.8, 4) is 22.8 Å². The maximum Gasteiger partial charge on any atom is 0.208 e. The lowest BCUT2D eigenvalue weighted by molar-refractivity contribution is 0.971. The number of nitrogens with zero attached hydrogens (tertiary/aromatic N) is 6. The predicted molar refractivity (Wildman–Crippen MR) is 101 cm³/mol. The van der Waals surface area contributed by atoms with Gasteiger partial charge in [0.2, 0.25) is 10.3 Å². The van der Waals surface area contributed by atoms with Crippen LogP contribution in [0, 0.1) is 0 Å². The third kappa shape index (κ3) is 4.09. The minimum absolute atomic E-state index is 0.727. The fraction of sp³-hybridized carbons (Fsp3) is 0.125. The number of aromatic nitrogens is 8. The summed E-state index contributed by atoms with van der Waals surface area (Å²) in [6, 6.07) is 7.59. The molecule has 0 saturated heterocycles. The highest BCUT2D eigenvalue weighted by atomic mass is 32.2. The molecule has 0 radical (unpaired) electrons. The van der Waals surface area contributed by atoms with Crippen molar-refractivity contribution in [2.75, 3.05) is 11.5 Å². The molecule has 10 heteroatoms. The zero-order chi connectivity index (χ0) is 17.6. The van der Waals surface area contributed by atoms with Crippen LogP contribution in [-0.4, -0.2) is 51.8 Å². The number of hydrogen-bond acceptors (Lipinski definition) is 8. The molecule has 0 atom stereocenters. The van der Waals surface area contributed by atoms with E-state index in [2.05, 4.69) is 40.3 Å². The lowest BCUT2D eigenvalue weighted by Gasteiger charge is -1.95. The van der Waals surface area contributed by atoms with E-state index in [1.54, 1.807) is 48.3 Å². The van der Waals surface area contributed by atoms with Gasteiger partial charge in [0.15, 0.2) is 11.6 Å². The summed E-state index contributed by atoms with van der Waals surface area (Å²) in [5.74, 6) is 3.21. The molecule has 8 nitrogen and oxygen atoms in total. The molecule has 2 N–H and O–H groups in total. The van der Waals surface area contributed by atoms with Crippen molar-refractivity contribution in [3.05, 3.63) is 49.1 Å². The van der Waals surface area contributed by atoms with Crippen molar-refractivity contribution in [1.29, 1.82) is 0 Å². The Kier molecular flexibility index (Phi) is 5.22. The molecule has 0 fully saturated rings. The largest absolute Gasteiger partial charge is 0.265 e. The van der Waals surface area contributed by atoms with Gasteiger partial charge in [0.25, 0.3) is 0 Å². The number of thioether (sulfide) groups is 2. The summed E-state index contributed by atoms with van der Waals surface area (Å²) in [6.07, 6.45) is 6.94. The van der Waals surface area contributed by atoms with Gasteiger partial charge < -0.3 is 0 Å². The summed E-state index contributed by atoms with van der Waals surface area (Å²) in [7, 11) is 0. The third-order valence-corrected chi connectivity index (χ3v) is 5.34. The van der Waals surface area contributed by atoms with Crippen LogP contribution in [0.5, 0.6) is 0 Å². The van der Waals surface area contributed by atoms with Crippen molar-refractivity contribution in [1.82, 2.24) is 40.3 Å². The molecule has 0 aliphatic rings. The molecule has 0 bridgehead atoms. The summed E-state index contributed by atoms with van der Waals surface area (Å²) in [5.41, 5.74) is 1.94. The molecule has 0 unspecified atom stereocenters. The normalized spacial score (nSPS) is 10.9. The van der Waals surface area contributed by atoms with E-state index in [0.717, 1.165) is 44.6 Å². The minimum Gasteiger partial charge on any atom is -0.265 e. The highest BCUT2D eigenvalue weighted by molar-refractivity contribution is 8.02. The van der Waals surface area contributed by atoms with E-state index in [1.807, 2.05) is 24.3 Å². The Morgan fingerprint density at radius 1 is 0.654 bits per heavy atom. The Hall–Kier alpha value is -2.72. The summed E-state index contributed by atoms with van der Waals surface area (Å²) >= 11 is 3.19. The topological polar surface area (TPSA) is 109 Å². The first-order valence-electron chi connectivity index (χ1n) is 7.80. The van der Waals surface area contributed by atoms with Crippen LogP contribution in [0.15, 0.2) is 59.4 Å². The summed E-state index contributed by atoms with van der Waals surface area (Å²) in [4.78, 5) is 17.0. The van der Waals surface area contributed by atoms with Gasteiger partial charge in [-0.05, 0) is 24.3 Å². The van der Waals surface area contributed by atoms with Gasteiger partial charge in [0, 0.05) is 47.4 Å². The first-order valence-corrected chi connectivity index (χ1v) is 9.77. The van der Waals surface area contributed by atoms with Crippen LogP contribution in [0.3, 0.4) is 0 Å². The molecule has 4 aromatic heterocycles. The van der Waals surface area contributed by atoms with Crippen LogP contribution >= 0.6 is 23.5 Å². The molecule has 4 heterocycles. The molecular weight excluding hydrogens is 368 g/mol. The molecule has 0 saturated carbocycles. The van der Waals surface area contributed by atoms with Gasteiger partial charge in [-0.2, -0.15) is 0 Å². The number of aromatic amines is 2. The lowest BCUT2D eigenvalue weighted by Crippen LogP contribution is -1.87. The van der Waals surface area contributed by atoms with E-state index in [0.29, 0.717) is 0 Å². The zero-order valence-corrected chi connectivity index (χ0v) is 15.2. The summed E-state index contributed by atoms with van der Waals surface area (Å²) < 4.78 is 0. The Morgan fingerprint density at radius 3 is 1.50 bits per heavy atom. The Morgan fingerprint density at radius 2 is 1.08 bits per heavy atom. The molecule has 0 aliphatic heterocycles. The van der Waals surface area contributed by atoms with Crippen molar-refractivity contribution in [3.63, 3.8) is 0 Å². The molecular formula is C16H14N8S2. The van der Waals surface area contributed by atoms with Crippen LogP contribution in [0.1, 0.15) is 0 Å². The average Bonchev–Trinajstić information content (AvgIpc) is 3.37. The Balaban J connectivity index is 1.27. The fourth-order valence-electron chi connectivity index (χ4n) is 2.17. The molecule has 130 valence electrons. The highest BCUT2D eigenvalue weighted by Crippen LogP contribution is 2.22. The molecule has 0 aliphatic carbocycles. The molecule has 4 rings (SSSR count). The van der Waals surface area contributed by atoms with Crippen molar-refractivity contribution in [2.24, 2.45) is 0 Å². The monoisotopic (exact) mass is 382 g/mol. The standard InChI is InChI=1S/C16H14N8S2/c1-5-17-6-2-11(1)13-19-15(23-21-13)25-9-10-26-16-20-14(22-24-16)12-3-7-18-8-4-12/h1-8H,9-10H2,(H,19,21,23)(H,20,22,24). The van der Waals surface area contributed by atoms with Crippen molar-refractivity contribution in [2.45, 2.75) is 10.3 Å². The van der Waals surface area contributed by atoms with E-state index in [1.165, 1.54) is 0 Å². The maximum absolute atomic E-state index is 4.48. The van der Waals surface area contributed by atoms with Crippen molar-refractivity contribution < 1.29 is 0 Å². The van der Waals surface area contributed by atoms with Gasteiger partial charge in [-0.1, -0.05) is 23.5 Å². The van der Waals surface area contributed by atoms with E-state index < -0.39 is 0 Å². The van der Waals surface area contributed by atoms with Crippen LogP contribution in [-0.2, 0) is 0 Å². The van der Waals surface area contributed by atoms with Crippen LogP contribution in [0.25, 0.3) is 22.8 Å². The smallest absolute Gasteiger partial charge is 0.208 e. The van der Waals surface area contributed by atoms with Crippen LogP contribution in [0.4, 0.5) is 0 Å². The van der Waals surface area contributed by atoms with Crippen LogP contribution < -0.4 is 0 Å². The van der Waals surface area contributed by atoms with Crippen LogP contribution in [0.2, 0.25) is 0 Å². The second-order valence-corrected chi connectivity index (χ2v) is 7.23. The van der Waals surface area contributed by atoms with E-state index >= 15 is 0 Å². The molecule has 4 aromatic rings. The lowest BCUT2D eigenvalue weighted by atomic mass is 10.3. The molecule has 0 amide bonds. The van der Waals surface area contributed by atoms with Crippen molar-refractivity contribution >= 4 is 23.5 Å². The fourth-order valence-corrected chi connectivity index (χ4v) is 3.73. The number of nitrogens with one attached hydrogen (secondary N) is 2. The van der Waals surface area contributed by atoms with E-state index in [-0.39, 0.29) is 0 Å². The van der Waals surface area contributed by atoms with Gasteiger partial charge in [0.05, 0.1) is 0 Å². The van der Waals surface area contributed by atoms with E-state index in [9.17, 15) is 0 Å². The second kappa shape index (κ2) is 8.11. The van der Waals surface area contributed by atoms with Gasteiger partial charge >= 0.3 is 0 Å². The first kappa shape index (κ1) is 16.7. The van der Waals surface area contributed by atoms with Gasteiger partial charge in [-0.25, -0.2) is 9.97 Å². The number of hydrogen-bond donors (Lipinski definition) is 2. The molecule has 26 heavy (non-hydrogen) atoms. The highest BCUT2D eigenvalue weighted by Gasteiger charge is 2.08. The predicted octanol–water partition coefficient (Wildman–Crippen LogP) is 2.93. The molecule has 0 spiro atoms. The second-order valence-electron chi connectivity index (χ2n) is 5.10. The number of rotatable bonds is 7. The van der Waals surface area contributed by atoms with E-state index in [4.69, 9.17) is 0 Å². The Labute approximate surface area is 157 Å². The third-order valence-electron chi connectivity index (χ3n) is 3.38. The zero-order valence-electron chi connectivity index (χ0n) is 13.5. The SMILES string of the molecule is c1cc(-c2nc(SCCSc3n[nH]c(-c4ccncc4)n3)n[nH]2)ccn1. The quantitative estimate of drug-likeness (QED) is 0.371. The first-order chi connectivity index (χ1) is 12.9. The average molecular weight is 382 g/mol. The van der Waals surface area contributed by atoms with Gasteiger partial charge in [0.1, 0.15) is 0 Å². The minimum atomic E-state index is 0.727. The summed E-state index contributed by atoms with van der Waals surface area (Å²) in [6.45, 7) is 0. The number of H-pyrrole nitrogens is 2.